The Hall–Kier alpha value is -3.48. The lowest BCUT2D eigenvalue weighted by Crippen LogP contribution is -2.30. The van der Waals surface area contributed by atoms with Crippen LogP contribution in [0.4, 0.5) is 11.5 Å². The van der Waals surface area contributed by atoms with Crippen molar-refractivity contribution >= 4 is 23.3 Å². The highest BCUT2D eigenvalue weighted by atomic mass is 16.2. The fourth-order valence-corrected chi connectivity index (χ4v) is 3.35. The number of aryl methyl sites for hydroxylation is 1. The largest absolute Gasteiger partial charge is 0.383 e. The maximum absolute atomic E-state index is 13.0. The van der Waals surface area contributed by atoms with E-state index >= 15 is 0 Å². The fraction of sp³-hybridized carbons (Fsp3) is 0.158. The molecule has 0 aliphatic carbocycles. The maximum Gasteiger partial charge on any atom is 0.242 e. The van der Waals surface area contributed by atoms with Gasteiger partial charge in [0, 0.05) is 18.2 Å². The molecular formula is C19H17N5O2. The van der Waals surface area contributed by atoms with Crippen molar-refractivity contribution < 1.29 is 9.59 Å². The zero-order valence-corrected chi connectivity index (χ0v) is 14.2. The minimum absolute atomic E-state index is 0.0761. The number of imide groups is 1. The van der Waals surface area contributed by atoms with E-state index in [1.54, 1.807) is 49.5 Å². The summed E-state index contributed by atoms with van der Waals surface area (Å²) in [7, 11) is 0. The molecule has 3 heterocycles. The summed E-state index contributed by atoms with van der Waals surface area (Å²) in [6, 6.07) is 14.3. The Morgan fingerprint density at radius 1 is 1.08 bits per heavy atom. The van der Waals surface area contributed by atoms with Crippen molar-refractivity contribution in [2.45, 2.75) is 19.3 Å². The number of aromatic nitrogens is 3. The molecule has 2 N–H and O–H groups in total. The van der Waals surface area contributed by atoms with Crippen LogP contribution in [-0.2, 0) is 9.59 Å². The Morgan fingerprint density at radius 2 is 1.81 bits per heavy atom. The van der Waals surface area contributed by atoms with Crippen LogP contribution in [0.1, 0.15) is 23.6 Å². The number of carbonyl (C=O) groups is 2. The number of hydrogen-bond acceptors (Lipinski definition) is 5. The second-order valence-corrected chi connectivity index (χ2v) is 6.14. The minimum Gasteiger partial charge on any atom is -0.383 e. The smallest absolute Gasteiger partial charge is 0.242 e. The van der Waals surface area contributed by atoms with Crippen LogP contribution < -0.4 is 10.6 Å². The third-order valence-electron chi connectivity index (χ3n) is 4.52. The van der Waals surface area contributed by atoms with Gasteiger partial charge in [-0.15, -0.1) is 0 Å². The van der Waals surface area contributed by atoms with Crippen molar-refractivity contribution in [1.29, 1.82) is 0 Å². The number of nitrogens with two attached hydrogens (primary N) is 1. The predicted molar refractivity (Wildman–Crippen MR) is 96.8 cm³/mol. The van der Waals surface area contributed by atoms with Crippen LogP contribution in [0.2, 0.25) is 0 Å². The molecule has 0 radical (unpaired) electrons. The Morgan fingerprint density at radius 3 is 2.50 bits per heavy atom. The van der Waals surface area contributed by atoms with E-state index in [4.69, 9.17) is 5.73 Å². The number of rotatable bonds is 3. The maximum atomic E-state index is 13.0. The Labute approximate surface area is 150 Å². The second-order valence-electron chi connectivity index (χ2n) is 6.14. The van der Waals surface area contributed by atoms with Gasteiger partial charge < -0.3 is 5.73 Å². The van der Waals surface area contributed by atoms with E-state index in [0.29, 0.717) is 28.6 Å². The summed E-state index contributed by atoms with van der Waals surface area (Å²) in [6.07, 6.45) is 1.72. The van der Waals surface area contributed by atoms with Crippen LogP contribution in [-0.4, -0.2) is 26.6 Å². The van der Waals surface area contributed by atoms with Crippen molar-refractivity contribution in [3.63, 3.8) is 0 Å². The fourth-order valence-electron chi connectivity index (χ4n) is 3.35. The van der Waals surface area contributed by atoms with Gasteiger partial charge in [0.1, 0.15) is 5.82 Å². The SMILES string of the molecule is Cc1nn(-c2ccccn2)c(N)c1[C@@H]1CC(=O)N(c2ccccc2)C1=O. The number of anilines is 2. The standard InChI is InChI=1S/C19H17N5O2/c1-12-17(18(20)24(22-12)15-9-5-6-10-21-15)14-11-16(25)23(19(14)26)13-7-3-2-4-8-13/h2-10,14H,11,20H2,1H3/t14-/m0/s1. The molecule has 3 aromatic rings. The molecule has 2 amide bonds. The lowest BCUT2D eigenvalue weighted by Gasteiger charge is -2.15. The first-order valence-electron chi connectivity index (χ1n) is 8.26. The van der Waals surface area contributed by atoms with Gasteiger partial charge in [-0.05, 0) is 31.2 Å². The van der Waals surface area contributed by atoms with E-state index in [2.05, 4.69) is 10.1 Å². The molecule has 26 heavy (non-hydrogen) atoms. The van der Waals surface area contributed by atoms with Crippen LogP contribution in [0.5, 0.6) is 0 Å². The van der Waals surface area contributed by atoms with Crippen molar-refractivity contribution in [3.05, 3.63) is 66.0 Å². The second kappa shape index (κ2) is 6.11. The molecule has 1 aliphatic heterocycles. The highest BCUT2D eigenvalue weighted by Crippen LogP contribution is 2.37. The molecule has 4 rings (SSSR count). The van der Waals surface area contributed by atoms with E-state index in [0.717, 1.165) is 0 Å². The summed E-state index contributed by atoms with van der Waals surface area (Å²) >= 11 is 0. The highest BCUT2D eigenvalue weighted by molar-refractivity contribution is 6.23. The molecule has 1 saturated heterocycles. The van der Waals surface area contributed by atoms with E-state index in [1.807, 2.05) is 12.1 Å². The van der Waals surface area contributed by atoms with Gasteiger partial charge >= 0.3 is 0 Å². The van der Waals surface area contributed by atoms with Gasteiger partial charge in [0.15, 0.2) is 5.82 Å². The highest BCUT2D eigenvalue weighted by Gasteiger charge is 2.43. The van der Waals surface area contributed by atoms with Gasteiger partial charge in [0.25, 0.3) is 0 Å². The van der Waals surface area contributed by atoms with Crippen LogP contribution in [0.15, 0.2) is 54.7 Å². The number of benzene rings is 1. The third kappa shape index (κ3) is 2.45. The molecule has 130 valence electrons. The van der Waals surface area contributed by atoms with Crippen LogP contribution in [0.25, 0.3) is 5.82 Å². The van der Waals surface area contributed by atoms with Crippen molar-refractivity contribution in [2.75, 3.05) is 10.6 Å². The molecule has 1 aromatic carbocycles. The van der Waals surface area contributed by atoms with E-state index in [1.165, 1.54) is 9.58 Å². The van der Waals surface area contributed by atoms with E-state index in [9.17, 15) is 9.59 Å². The predicted octanol–water partition coefficient (Wildman–Crippen LogP) is 2.21. The molecule has 1 aliphatic rings. The number of carbonyl (C=O) groups excluding carboxylic acids is 2. The van der Waals surface area contributed by atoms with Gasteiger partial charge in [0.2, 0.25) is 11.8 Å². The molecule has 1 atom stereocenters. The first kappa shape index (κ1) is 16.0. The number of nitrogen functional groups attached to an aromatic ring is 1. The minimum atomic E-state index is -0.639. The van der Waals surface area contributed by atoms with Gasteiger partial charge in [-0.3, -0.25) is 14.5 Å². The normalized spacial score (nSPS) is 17.1. The number of nitrogens with zero attached hydrogens (tertiary/aromatic N) is 4. The van der Waals surface area contributed by atoms with Crippen molar-refractivity contribution in [1.82, 2.24) is 14.8 Å². The lowest BCUT2D eigenvalue weighted by molar-refractivity contribution is -0.121. The summed E-state index contributed by atoms with van der Waals surface area (Å²) in [5.41, 5.74) is 8.06. The lowest BCUT2D eigenvalue weighted by atomic mass is 9.97. The molecule has 0 saturated carbocycles. The van der Waals surface area contributed by atoms with Gasteiger partial charge in [-0.1, -0.05) is 24.3 Å². The molecule has 0 spiro atoms. The number of pyridine rings is 1. The quantitative estimate of drug-likeness (QED) is 0.733. The summed E-state index contributed by atoms with van der Waals surface area (Å²) < 4.78 is 1.51. The zero-order chi connectivity index (χ0) is 18.3. The first-order chi connectivity index (χ1) is 12.6. The van der Waals surface area contributed by atoms with E-state index in [-0.39, 0.29) is 18.2 Å². The summed E-state index contributed by atoms with van der Waals surface area (Å²) in [4.78, 5) is 30.9. The third-order valence-corrected chi connectivity index (χ3v) is 4.52. The molecule has 0 unspecified atom stereocenters. The molecule has 0 bridgehead atoms. The van der Waals surface area contributed by atoms with Crippen molar-refractivity contribution in [2.24, 2.45) is 0 Å². The molecular weight excluding hydrogens is 330 g/mol. The number of hydrogen-bond donors (Lipinski definition) is 1. The Bertz CT molecular complexity index is 982. The van der Waals surface area contributed by atoms with Gasteiger partial charge in [-0.25, -0.2) is 4.98 Å². The molecule has 1 fully saturated rings. The molecule has 7 nitrogen and oxygen atoms in total. The number of amides is 2. The van der Waals surface area contributed by atoms with Crippen LogP contribution in [0, 0.1) is 6.92 Å². The average Bonchev–Trinajstić information content (AvgIpc) is 3.11. The Balaban J connectivity index is 1.74. The van der Waals surface area contributed by atoms with Crippen LogP contribution >= 0.6 is 0 Å². The van der Waals surface area contributed by atoms with E-state index < -0.39 is 5.92 Å². The van der Waals surface area contributed by atoms with Gasteiger partial charge in [0.05, 0.1) is 17.3 Å². The van der Waals surface area contributed by atoms with Crippen molar-refractivity contribution in [3.8, 4) is 5.82 Å². The zero-order valence-electron chi connectivity index (χ0n) is 14.2. The monoisotopic (exact) mass is 347 g/mol. The average molecular weight is 347 g/mol. The first-order valence-corrected chi connectivity index (χ1v) is 8.26. The number of para-hydroxylation sites is 1. The summed E-state index contributed by atoms with van der Waals surface area (Å²) in [5, 5.41) is 4.43. The van der Waals surface area contributed by atoms with Gasteiger partial charge in [-0.2, -0.15) is 9.78 Å². The van der Waals surface area contributed by atoms with Crippen LogP contribution in [0.3, 0.4) is 0 Å². The summed E-state index contributed by atoms with van der Waals surface area (Å²) in [5.74, 6) is -0.259. The topological polar surface area (TPSA) is 94.1 Å². The Kier molecular flexibility index (Phi) is 3.76. The summed E-state index contributed by atoms with van der Waals surface area (Å²) in [6.45, 7) is 1.79. The molecule has 2 aromatic heterocycles. The molecule has 7 heteroatoms.